The van der Waals surface area contributed by atoms with Crippen molar-refractivity contribution in [3.63, 3.8) is 0 Å². The van der Waals surface area contributed by atoms with Gasteiger partial charge in [-0.3, -0.25) is 9.78 Å². The van der Waals surface area contributed by atoms with Crippen molar-refractivity contribution in [1.82, 2.24) is 19.9 Å². The highest BCUT2D eigenvalue weighted by Gasteiger charge is 2.19. The number of likely N-dealkylation sites (N-methyl/N-ethyl adjacent to an activating group) is 1. The first-order valence-electron chi connectivity index (χ1n) is 9.49. The number of carbonyl (C=O) groups is 1. The van der Waals surface area contributed by atoms with Crippen LogP contribution < -0.4 is 4.90 Å². The summed E-state index contributed by atoms with van der Waals surface area (Å²) in [5, 5.41) is 0. The van der Waals surface area contributed by atoms with Gasteiger partial charge in [-0.05, 0) is 41.7 Å². The third-order valence-electron chi connectivity index (χ3n) is 5.14. The third kappa shape index (κ3) is 4.01. The molecular formula is C22H23N5O. The lowest BCUT2D eigenvalue weighted by atomic mass is 10.0. The first-order valence-corrected chi connectivity index (χ1v) is 9.49. The number of rotatable bonds is 5. The molecule has 0 saturated carbocycles. The van der Waals surface area contributed by atoms with Gasteiger partial charge in [0.2, 0.25) is 0 Å². The summed E-state index contributed by atoms with van der Waals surface area (Å²) in [7, 11) is 1.79. The Morgan fingerprint density at radius 3 is 2.61 bits per heavy atom. The number of anilines is 1. The van der Waals surface area contributed by atoms with E-state index in [2.05, 4.69) is 44.1 Å². The Hall–Kier alpha value is -3.28. The molecule has 0 atom stereocenters. The molecule has 0 radical (unpaired) electrons. The predicted molar refractivity (Wildman–Crippen MR) is 108 cm³/mol. The molecular weight excluding hydrogens is 350 g/mol. The highest BCUT2D eigenvalue weighted by atomic mass is 16.2. The van der Waals surface area contributed by atoms with Crippen molar-refractivity contribution in [3.05, 3.63) is 83.6 Å². The van der Waals surface area contributed by atoms with Crippen LogP contribution in [0.5, 0.6) is 0 Å². The molecule has 0 unspecified atom stereocenters. The number of nitrogens with zero attached hydrogens (tertiary/aromatic N) is 5. The number of benzene rings is 1. The first-order chi connectivity index (χ1) is 13.7. The van der Waals surface area contributed by atoms with Gasteiger partial charge in [-0.2, -0.15) is 0 Å². The average molecular weight is 373 g/mol. The van der Waals surface area contributed by atoms with Gasteiger partial charge in [0.05, 0.1) is 12.4 Å². The van der Waals surface area contributed by atoms with Crippen LogP contribution in [0.25, 0.3) is 0 Å². The van der Waals surface area contributed by atoms with Crippen LogP contribution in [0.3, 0.4) is 0 Å². The van der Waals surface area contributed by atoms with E-state index in [0.29, 0.717) is 12.2 Å². The Balaban J connectivity index is 1.38. The SMILES string of the molecule is CN(CCc1ccncc1)C(=O)c1cnc(N2CCc3ccccc3C2)cn1. The molecule has 142 valence electrons. The Bertz CT molecular complexity index is 943. The predicted octanol–water partition coefficient (Wildman–Crippen LogP) is 2.75. The summed E-state index contributed by atoms with van der Waals surface area (Å²) in [5.41, 5.74) is 4.25. The van der Waals surface area contributed by atoms with Crippen molar-refractivity contribution in [1.29, 1.82) is 0 Å². The number of aromatic nitrogens is 3. The minimum absolute atomic E-state index is 0.114. The largest absolute Gasteiger partial charge is 0.351 e. The molecule has 0 fully saturated rings. The third-order valence-corrected chi connectivity index (χ3v) is 5.14. The van der Waals surface area contributed by atoms with Crippen molar-refractivity contribution in [2.24, 2.45) is 0 Å². The number of pyridine rings is 1. The van der Waals surface area contributed by atoms with Crippen LogP contribution in [0.4, 0.5) is 5.82 Å². The number of amides is 1. The lowest BCUT2D eigenvalue weighted by Crippen LogP contribution is -2.32. The summed E-state index contributed by atoms with van der Waals surface area (Å²) in [4.78, 5) is 29.4. The molecule has 6 heteroatoms. The monoisotopic (exact) mass is 373 g/mol. The lowest BCUT2D eigenvalue weighted by molar-refractivity contribution is 0.0790. The Morgan fingerprint density at radius 2 is 1.86 bits per heavy atom. The van der Waals surface area contributed by atoms with Crippen LogP contribution in [0.15, 0.2) is 61.2 Å². The zero-order valence-electron chi connectivity index (χ0n) is 16.0. The van der Waals surface area contributed by atoms with Crippen LogP contribution >= 0.6 is 0 Å². The smallest absolute Gasteiger partial charge is 0.273 e. The minimum atomic E-state index is -0.114. The highest BCUT2D eigenvalue weighted by Crippen LogP contribution is 2.22. The van der Waals surface area contributed by atoms with Crippen LogP contribution in [-0.4, -0.2) is 45.9 Å². The topological polar surface area (TPSA) is 62.2 Å². The average Bonchev–Trinajstić information content (AvgIpc) is 2.77. The van der Waals surface area contributed by atoms with E-state index < -0.39 is 0 Å². The van der Waals surface area contributed by atoms with E-state index in [-0.39, 0.29) is 5.91 Å². The molecule has 0 N–H and O–H groups in total. The van der Waals surface area contributed by atoms with E-state index in [1.807, 2.05) is 12.1 Å². The molecule has 0 spiro atoms. The minimum Gasteiger partial charge on any atom is -0.351 e. The molecule has 1 aliphatic heterocycles. The molecule has 0 aliphatic carbocycles. The quantitative estimate of drug-likeness (QED) is 0.688. The number of fused-ring (bicyclic) bond motifs is 1. The summed E-state index contributed by atoms with van der Waals surface area (Å²) in [5.74, 6) is 0.697. The molecule has 1 aromatic carbocycles. The standard InChI is InChI=1S/C22H23N5O/c1-26(12-8-17-6-10-23-11-7-17)22(28)20-14-25-21(15-24-20)27-13-9-18-4-2-3-5-19(18)16-27/h2-7,10-11,14-15H,8-9,12-13,16H2,1H3. The summed E-state index contributed by atoms with van der Waals surface area (Å²) in [6, 6.07) is 12.4. The summed E-state index contributed by atoms with van der Waals surface area (Å²) in [6.45, 7) is 2.35. The Morgan fingerprint density at radius 1 is 1.07 bits per heavy atom. The van der Waals surface area contributed by atoms with Crippen LogP contribution in [-0.2, 0) is 19.4 Å². The maximum Gasteiger partial charge on any atom is 0.273 e. The van der Waals surface area contributed by atoms with Gasteiger partial charge in [0.15, 0.2) is 0 Å². The van der Waals surface area contributed by atoms with Crippen molar-refractivity contribution in [3.8, 4) is 0 Å². The van der Waals surface area contributed by atoms with Gasteiger partial charge in [0.25, 0.3) is 5.91 Å². The van der Waals surface area contributed by atoms with Crippen molar-refractivity contribution in [2.75, 3.05) is 25.0 Å². The van der Waals surface area contributed by atoms with Gasteiger partial charge in [-0.1, -0.05) is 24.3 Å². The zero-order chi connectivity index (χ0) is 19.3. The van der Waals surface area contributed by atoms with Crippen LogP contribution in [0.2, 0.25) is 0 Å². The van der Waals surface area contributed by atoms with Crippen LogP contribution in [0, 0.1) is 0 Å². The zero-order valence-corrected chi connectivity index (χ0v) is 16.0. The highest BCUT2D eigenvalue weighted by molar-refractivity contribution is 5.91. The molecule has 0 saturated heterocycles. The van der Waals surface area contributed by atoms with E-state index in [9.17, 15) is 4.79 Å². The summed E-state index contributed by atoms with van der Waals surface area (Å²) < 4.78 is 0. The molecule has 2 aromatic heterocycles. The molecule has 1 amide bonds. The normalized spacial score (nSPS) is 13.1. The Kier molecular flexibility index (Phi) is 5.28. The van der Waals surface area contributed by atoms with Gasteiger partial charge in [-0.15, -0.1) is 0 Å². The lowest BCUT2D eigenvalue weighted by Gasteiger charge is -2.29. The fourth-order valence-corrected chi connectivity index (χ4v) is 3.43. The van der Waals surface area contributed by atoms with Gasteiger partial charge in [0, 0.05) is 39.1 Å². The van der Waals surface area contributed by atoms with Gasteiger partial charge in [-0.25, -0.2) is 9.97 Å². The summed E-state index contributed by atoms with van der Waals surface area (Å²) in [6.07, 6.45) is 8.60. The van der Waals surface area contributed by atoms with Gasteiger partial charge in [0.1, 0.15) is 11.5 Å². The molecule has 4 rings (SSSR count). The maximum absolute atomic E-state index is 12.6. The van der Waals surface area contributed by atoms with Gasteiger partial charge >= 0.3 is 0 Å². The van der Waals surface area contributed by atoms with Crippen molar-refractivity contribution < 1.29 is 4.79 Å². The molecule has 3 aromatic rings. The molecule has 28 heavy (non-hydrogen) atoms. The second-order valence-electron chi connectivity index (χ2n) is 7.03. The van der Waals surface area contributed by atoms with E-state index in [0.717, 1.165) is 37.3 Å². The fourth-order valence-electron chi connectivity index (χ4n) is 3.43. The summed E-state index contributed by atoms with van der Waals surface area (Å²) >= 11 is 0. The van der Waals surface area contributed by atoms with Gasteiger partial charge < -0.3 is 9.80 Å². The van der Waals surface area contributed by atoms with E-state index in [4.69, 9.17) is 0 Å². The fraction of sp³-hybridized carbons (Fsp3) is 0.273. The molecule has 0 bridgehead atoms. The van der Waals surface area contributed by atoms with Crippen molar-refractivity contribution in [2.45, 2.75) is 19.4 Å². The number of hydrogen-bond donors (Lipinski definition) is 0. The van der Waals surface area contributed by atoms with Crippen LogP contribution in [0.1, 0.15) is 27.2 Å². The Labute approximate surface area is 164 Å². The molecule has 1 aliphatic rings. The first kappa shape index (κ1) is 18.1. The van der Waals surface area contributed by atoms with E-state index >= 15 is 0 Å². The second-order valence-corrected chi connectivity index (χ2v) is 7.03. The molecule has 6 nitrogen and oxygen atoms in total. The van der Waals surface area contributed by atoms with E-state index in [1.54, 1.807) is 36.7 Å². The number of hydrogen-bond acceptors (Lipinski definition) is 5. The molecule has 3 heterocycles. The van der Waals surface area contributed by atoms with E-state index in [1.165, 1.54) is 11.1 Å². The van der Waals surface area contributed by atoms with Crippen molar-refractivity contribution >= 4 is 11.7 Å². The maximum atomic E-state index is 12.6. The second kappa shape index (κ2) is 8.17. The number of carbonyl (C=O) groups excluding carboxylic acids is 1.